The average Bonchev–Trinajstić information content (AvgIpc) is 3.09. The minimum absolute atomic E-state index is 0. The Morgan fingerprint density at radius 2 is 1.66 bits per heavy atom. The molecule has 0 radical (unpaired) electrons. The summed E-state index contributed by atoms with van der Waals surface area (Å²) in [5.41, 5.74) is 0.455. The number of anilines is 1. The van der Waals surface area contributed by atoms with Gasteiger partial charge in [0.2, 0.25) is 0 Å². The Morgan fingerprint density at radius 1 is 0.966 bits per heavy atom. The summed E-state index contributed by atoms with van der Waals surface area (Å²) in [4.78, 5) is 11.6. The fourth-order valence-electron chi connectivity index (χ4n) is 2.08. The molecule has 0 aliphatic carbocycles. The van der Waals surface area contributed by atoms with E-state index in [1.165, 1.54) is 24.2 Å². The molecule has 0 spiro atoms. The van der Waals surface area contributed by atoms with Crippen molar-refractivity contribution in [2.45, 2.75) is 0 Å². The quantitative estimate of drug-likeness (QED) is 0.264. The molecule has 0 amide bonds. The fourth-order valence-corrected chi connectivity index (χ4v) is 2.08. The number of rotatable bonds is 2. The maximum atomic E-state index is 13.1. The van der Waals surface area contributed by atoms with Crippen molar-refractivity contribution < 1.29 is 38.6 Å². The summed E-state index contributed by atoms with van der Waals surface area (Å²) < 4.78 is 51.1. The van der Waals surface area contributed by atoms with E-state index in [0.717, 1.165) is 12.1 Å². The van der Waals surface area contributed by atoms with Crippen LogP contribution in [0.15, 0.2) is 41.6 Å². The fraction of sp³-hybridized carbons (Fsp3) is 0.0556. The molecule has 4 heterocycles. The van der Waals surface area contributed by atoms with Crippen LogP contribution in [0.3, 0.4) is 0 Å². The molecule has 4 rings (SSSR count). The maximum absolute atomic E-state index is 13.1. The Balaban J connectivity index is 0.000000200. The van der Waals surface area contributed by atoms with Gasteiger partial charge in [0.1, 0.15) is 17.8 Å². The van der Waals surface area contributed by atoms with Crippen molar-refractivity contribution in [1.29, 1.82) is 0 Å². The molecular weight excluding hydrogens is 571 g/mol. The van der Waals surface area contributed by atoms with Gasteiger partial charge in [0.15, 0.2) is 0 Å². The zero-order valence-corrected chi connectivity index (χ0v) is 16.9. The van der Waals surface area contributed by atoms with Gasteiger partial charge >= 0.3 is 0 Å². The van der Waals surface area contributed by atoms with Gasteiger partial charge in [-0.3, -0.25) is 13.8 Å². The van der Waals surface area contributed by atoms with E-state index < -0.39 is 23.8 Å². The topological polar surface area (TPSA) is 57.5 Å². The first-order chi connectivity index (χ1) is 13.4. The van der Waals surface area contributed by atoms with Crippen molar-refractivity contribution in [3.8, 4) is 11.3 Å². The molecule has 11 heteroatoms. The van der Waals surface area contributed by atoms with E-state index in [0.29, 0.717) is 5.69 Å². The minimum Gasteiger partial charge on any atom is -0.493 e. The molecule has 0 unspecified atom stereocenters. The molecule has 0 fully saturated rings. The van der Waals surface area contributed by atoms with E-state index in [2.05, 4.69) is 32.2 Å². The predicted octanol–water partition coefficient (Wildman–Crippen LogP) is 3.19. The van der Waals surface area contributed by atoms with Crippen LogP contribution in [0.5, 0.6) is 0 Å². The molecule has 1 aliphatic heterocycles. The Morgan fingerprint density at radius 3 is 2.21 bits per heavy atom. The first kappa shape index (κ1) is 22.4. The summed E-state index contributed by atoms with van der Waals surface area (Å²) in [7, 11) is 1.73. The zero-order chi connectivity index (χ0) is 20.1. The normalized spacial score (nSPS) is 12.3. The molecule has 29 heavy (non-hydrogen) atoms. The van der Waals surface area contributed by atoms with E-state index in [-0.39, 0.29) is 32.3 Å². The van der Waals surface area contributed by atoms with Crippen molar-refractivity contribution in [1.82, 2.24) is 19.9 Å². The molecule has 0 aromatic carbocycles. The number of halogens is 4. The number of hydrogen-bond donors (Lipinski definition) is 0. The smallest absolute Gasteiger partial charge is 0.128 e. The van der Waals surface area contributed by atoms with E-state index in [1.807, 2.05) is 0 Å². The van der Waals surface area contributed by atoms with Crippen molar-refractivity contribution in [2.75, 3.05) is 12.1 Å². The third-order valence-electron chi connectivity index (χ3n) is 3.28. The van der Waals surface area contributed by atoms with Crippen LogP contribution >= 0.6 is 0 Å². The second kappa shape index (κ2) is 10.1. The minimum atomic E-state index is -0.936. The van der Waals surface area contributed by atoms with E-state index >= 15 is 0 Å². The molecule has 0 atom stereocenters. The summed E-state index contributed by atoms with van der Waals surface area (Å²) in [5.74, 6) is -3.62. The number of nitrogens with zero attached hydrogens (tertiary/aromatic N) is 6. The van der Waals surface area contributed by atoms with E-state index in [4.69, 9.17) is 0 Å². The van der Waals surface area contributed by atoms with Crippen molar-refractivity contribution in [3.05, 3.63) is 79.1 Å². The van der Waals surface area contributed by atoms with Crippen molar-refractivity contribution >= 4 is 12.0 Å². The van der Waals surface area contributed by atoms with Gasteiger partial charge in [-0.1, -0.05) is 23.8 Å². The molecule has 0 bridgehead atoms. The van der Waals surface area contributed by atoms with E-state index in [1.54, 1.807) is 30.1 Å². The third kappa shape index (κ3) is 5.80. The molecule has 3 aromatic rings. The predicted molar refractivity (Wildman–Crippen MR) is 92.2 cm³/mol. The summed E-state index contributed by atoms with van der Waals surface area (Å²) in [6.45, 7) is 1.52. The summed E-state index contributed by atoms with van der Waals surface area (Å²) in [6, 6.07) is 11.8. The monoisotopic (exact) mass is 582 g/mol. The van der Waals surface area contributed by atoms with Crippen LogP contribution in [0.25, 0.3) is 11.3 Å². The first-order valence-corrected chi connectivity index (χ1v) is 7.73. The average molecular weight is 582 g/mol. The van der Waals surface area contributed by atoms with Crippen LogP contribution in [-0.2, 0) is 21.1 Å². The van der Waals surface area contributed by atoms with Crippen LogP contribution in [-0.4, -0.2) is 33.2 Å². The Hall–Kier alpha value is -2.87. The maximum Gasteiger partial charge on any atom is 0.128 e. The van der Waals surface area contributed by atoms with Gasteiger partial charge < -0.3 is 19.9 Å². The molecule has 0 N–H and O–H groups in total. The SMILES string of the molecule is CN1C=NN(c2[c-]cc(F)nc2F)[CH-]1.Fc1c[c-]c(-c2ccccn2)c(F)n1.[Pt]. The standard InChI is InChI=1S/C10H5F2N2.C8H6F2N4.Pt/c11-9-5-4-7(10(12)14-9)8-3-1-2-6-13-8;1-13-4-11-14(5-13)6-2-3-7(9)12-8(6)10;/h1-3,5-6H;3-5H,1H3;/q-1;-2;. The second-order valence-corrected chi connectivity index (χ2v) is 5.32. The summed E-state index contributed by atoms with van der Waals surface area (Å²) >= 11 is 0. The van der Waals surface area contributed by atoms with Gasteiger partial charge in [0.25, 0.3) is 0 Å². The molecule has 154 valence electrons. The molecular formula is C18H11F4N6Pt-3. The zero-order valence-electron chi connectivity index (χ0n) is 14.6. The van der Waals surface area contributed by atoms with Crippen LogP contribution in [0.1, 0.15) is 0 Å². The van der Waals surface area contributed by atoms with Crippen molar-refractivity contribution in [2.24, 2.45) is 5.10 Å². The molecule has 1 aliphatic rings. The third-order valence-corrected chi connectivity index (χ3v) is 3.28. The van der Waals surface area contributed by atoms with Crippen LogP contribution < -0.4 is 5.01 Å². The van der Waals surface area contributed by atoms with Crippen molar-refractivity contribution in [3.63, 3.8) is 0 Å². The first-order valence-electron chi connectivity index (χ1n) is 7.73. The Bertz CT molecular complexity index is 989. The largest absolute Gasteiger partial charge is 0.493 e. The molecule has 3 aromatic heterocycles. The number of hydrogen-bond acceptors (Lipinski definition) is 6. The van der Waals surface area contributed by atoms with E-state index in [9.17, 15) is 17.6 Å². The Labute approximate surface area is 178 Å². The number of hydrazone groups is 1. The van der Waals surface area contributed by atoms with Gasteiger partial charge in [-0.25, -0.2) is 8.78 Å². The van der Waals surface area contributed by atoms with Crippen LogP contribution in [0.4, 0.5) is 23.2 Å². The summed E-state index contributed by atoms with van der Waals surface area (Å²) in [5, 5.41) is 5.05. The summed E-state index contributed by atoms with van der Waals surface area (Å²) in [6.07, 6.45) is 3.00. The van der Waals surface area contributed by atoms with Gasteiger partial charge in [-0.05, 0) is 24.5 Å². The van der Waals surface area contributed by atoms with Gasteiger partial charge in [-0.15, -0.1) is 18.8 Å². The molecule has 0 saturated carbocycles. The van der Waals surface area contributed by atoms with Gasteiger partial charge in [0.05, 0.1) is 12.3 Å². The number of pyridine rings is 3. The molecule has 0 saturated heterocycles. The second-order valence-electron chi connectivity index (χ2n) is 5.32. The molecule has 6 nitrogen and oxygen atoms in total. The van der Waals surface area contributed by atoms with Crippen LogP contribution in [0.2, 0.25) is 0 Å². The Kier molecular flexibility index (Phi) is 7.78. The van der Waals surface area contributed by atoms with Crippen LogP contribution in [0, 0.1) is 42.6 Å². The van der Waals surface area contributed by atoms with Gasteiger partial charge in [-0.2, -0.15) is 11.2 Å². The number of aromatic nitrogens is 3. The van der Waals surface area contributed by atoms with Gasteiger partial charge in [0, 0.05) is 27.3 Å².